The van der Waals surface area contributed by atoms with Gasteiger partial charge in [0, 0.05) is 29.9 Å². The maximum Gasteiger partial charge on any atom is 0.325 e. The van der Waals surface area contributed by atoms with E-state index in [0.717, 1.165) is 29.9 Å². The van der Waals surface area contributed by atoms with Crippen LogP contribution in [0.2, 0.25) is 0 Å². The summed E-state index contributed by atoms with van der Waals surface area (Å²) in [7, 11) is 0. The lowest BCUT2D eigenvalue weighted by Crippen LogP contribution is -2.52. The molecular formula is C20H21N3O4. The van der Waals surface area contributed by atoms with Crippen molar-refractivity contribution < 1.29 is 19.1 Å². The number of ether oxygens (including phenoxy) is 2. The lowest BCUT2D eigenvalue weighted by Gasteiger charge is -2.39. The molecule has 1 aromatic rings. The van der Waals surface area contributed by atoms with Gasteiger partial charge in [-0.1, -0.05) is 0 Å². The molecule has 7 nitrogen and oxygen atoms in total. The highest BCUT2D eigenvalue weighted by molar-refractivity contribution is 6.06. The first-order valence-electron chi connectivity index (χ1n) is 9.37. The second kappa shape index (κ2) is 5.16. The average molecular weight is 367 g/mol. The molecule has 1 spiro atoms. The fourth-order valence-corrected chi connectivity index (χ4v) is 4.35. The van der Waals surface area contributed by atoms with Crippen molar-refractivity contribution in [2.75, 3.05) is 6.61 Å². The third-order valence-corrected chi connectivity index (χ3v) is 6.20. The van der Waals surface area contributed by atoms with E-state index in [-0.39, 0.29) is 29.5 Å². The van der Waals surface area contributed by atoms with Crippen molar-refractivity contribution >= 4 is 11.9 Å². The van der Waals surface area contributed by atoms with E-state index in [9.17, 15) is 14.9 Å². The summed E-state index contributed by atoms with van der Waals surface area (Å²) in [6, 6.07) is 5.27. The predicted molar refractivity (Wildman–Crippen MR) is 94.5 cm³/mol. The normalized spacial score (nSPS) is 28.9. The van der Waals surface area contributed by atoms with Crippen molar-refractivity contribution in [3.05, 3.63) is 23.3 Å². The topological polar surface area (TPSA) is 91.7 Å². The summed E-state index contributed by atoms with van der Waals surface area (Å²) in [5.41, 5.74) is 0.811. The number of nitriles is 1. The van der Waals surface area contributed by atoms with E-state index in [1.807, 2.05) is 0 Å². The van der Waals surface area contributed by atoms with E-state index in [1.54, 1.807) is 26.0 Å². The minimum absolute atomic E-state index is 0.0522. The summed E-state index contributed by atoms with van der Waals surface area (Å²) in [4.78, 5) is 25.9. The van der Waals surface area contributed by atoms with Crippen molar-refractivity contribution in [2.24, 2.45) is 0 Å². The number of hydrogen-bond acceptors (Lipinski definition) is 5. The lowest BCUT2D eigenvalue weighted by molar-refractivity contribution is -0.134. The average Bonchev–Trinajstić information content (AvgIpc) is 3.22. The van der Waals surface area contributed by atoms with Crippen LogP contribution >= 0.6 is 0 Å². The molecule has 2 aliphatic carbocycles. The Kier molecular flexibility index (Phi) is 3.14. The summed E-state index contributed by atoms with van der Waals surface area (Å²) in [5.74, 6) is 1.29. The molecule has 3 amide bonds. The summed E-state index contributed by atoms with van der Waals surface area (Å²) in [6.07, 6.45) is 3.29. The SMILES string of the molecule is CC1(C)NC(=O)N(C2CC(Oc3cc(C#N)cc4c3C3(CC3)CO4)C2)C1=O. The van der Waals surface area contributed by atoms with Crippen LogP contribution in [0.25, 0.3) is 0 Å². The number of nitrogens with zero attached hydrogens (tertiary/aromatic N) is 2. The van der Waals surface area contributed by atoms with Crippen LogP contribution in [-0.4, -0.2) is 41.1 Å². The molecule has 1 aromatic carbocycles. The number of nitrogens with one attached hydrogen (secondary N) is 1. The van der Waals surface area contributed by atoms with Crippen LogP contribution in [-0.2, 0) is 10.2 Å². The number of carbonyl (C=O) groups is 2. The van der Waals surface area contributed by atoms with E-state index in [1.165, 1.54) is 4.90 Å². The van der Waals surface area contributed by atoms with Crippen molar-refractivity contribution in [3.8, 4) is 17.6 Å². The number of fused-ring (bicyclic) bond motifs is 2. The van der Waals surface area contributed by atoms with Crippen LogP contribution < -0.4 is 14.8 Å². The second-order valence-corrected chi connectivity index (χ2v) is 8.62. The first kappa shape index (κ1) is 16.4. The molecule has 1 saturated heterocycles. The van der Waals surface area contributed by atoms with E-state index < -0.39 is 5.54 Å². The van der Waals surface area contributed by atoms with Crippen LogP contribution in [0.4, 0.5) is 4.79 Å². The predicted octanol–water partition coefficient (Wildman–Crippen LogP) is 2.22. The third-order valence-electron chi connectivity index (χ3n) is 6.20. The molecule has 2 saturated carbocycles. The molecule has 0 atom stereocenters. The van der Waals surface area contributed by atoms with Gasteiger partial charge in [-0.3, -0.25) is 9.69 Å². The van der Waals surface area contributed by atoms with Gasteiger partial charge in [-0.05, 0) is 38.8 Å². The maximum absolute atomic E-state index is 12.4. The van der Waals surface area contributed by atoms with Crippen LogP contribution in [0, 0.1) is 11.3 Å². The van der Waals surface area contributed by atoms with Gasteiger partial charge in [-0.25, -0.2) is 4.79 Å². The van der Waals surface area contributed by atoms with Crippen molar-refractivity contribution in [2.45, 2.75) is 62.6 Å². The number of carbonyl (C=O) groups excluding carboxylic acids is 2. The lowest BCUT2D eigenvalue weighted by atomic mass is 9.87. The van der Waals surface area contributed by atoms with Crippen LogP contribution in [0.1, 0.15) is 50.7 Å². The first-order chi connectivity index (χ1) is 12.8. The molecule has 0 aromatic heterocycles. The molecule has 2 aliphatic heterocycles. The Morgan fingerprint density at radius 1 is 1.30 bits per heavy atom. The molecule has 140 valence electrons. The van der Waals surface area contributed by atoms with Crippen molar-refractivity contribution in [3.63, 3.8) is 0 Å². The maximum atomic E-state index is 12.4. The Labute approximate surface area is 157 Å². The Morgan fingerprint density at radius 3 is 2.63 bits per heavy atom. The molecule has 0 unspecified atom stereocenters. The van der Waals surface area contributed by atoms with Gasteiger partial charge >= 0.3 is 6.03 Å². The van der Waals surface area contributed by atoms with Crippen molar-refractivity contribution in [1.82, 2.24) is 10.2 Å². The third kappa shape index (κ3) is 2.32. The molecule has 5 rings (SSSR count). The van der Waals surface area contributed by atoms with E-state index in [2.05, 4.69) is 11.4 Å². The molecule has 27 heavy (non-hydrogen) atoms. The zero-order valence-electron chi connectivity index (χ0n) is 15.4. The summed E-state index contributed by atoms with van der Waals surface area (Å²) in [5, 5.41) is 12.0. The number of imide groups is 1. The molecule has 2 heterocycles. The fourth-order valence-electron chi connectivity index (χ4n) is 4.35. The van der Waals surface area contributed by atoms with Gasteiger partial charge in [-0.15, -0.1) is 0 Å². The van der Waals surface area contributed by atoms with Gasteiger partial charge in [0.25, 0.3) is 5.91 Å². The molecule has 4 aliphatic rings. The monoisotopic (exact) mass is 367 g/mol. The zero-order chi connectivity index (χ0) is 19.0. The van der Waals surface area contributed by atoms with Crippen LogP contribution in [0.15, 0.2) is 12.1 Å². The van der Waals surface area contributed by atoms with Gasteiger partial charge in [0.2, 0.25) is 0 Å². The van der Waals surface area contributed by atoms with Crippen LogP contribution in [0.3, 0.4) is 0 Å². The van der Waals surface area contributed by atoms with Gasteiger partial charge in [0.05, 0.1) is 18.2 Å². The largest absolute Gasteiger partial charge is 0.492 e. The zero-order valence-corrected chi connectivity index (χ0v) is 15.4. The Bertz CT molecular complexity index is 907. The standard InChI is InChI=1S/C20H21N3O4/c1-19(2)17(24)23(18(25)22-19)12-7-13(8-12)27-15-6-11(9-21)5-14-16(15)20(3-4-20)10-26-14/h5-6,12-13H,3-4,7-8,10H2,1-2H3,(H,22,25). The number of rotatable bonds is 3. The summed E-state index contributed by atoms with van der Waals surface area (Å²) in [6.45, 7) is 4.08. The Morgan fingerprint density at radius 2 is 2.04 bits per heavy atom. The van der Waals surface area contributed by atoms with Gasteiger partial charge in [0.1, 0.15) is 23.1 Å². The highest BCUT2D eigenvalue weighted by atomic mass is 16.5. The molecule has 3 fully saturated rings. The molecule has 0 radical (unpaired) electrons. The van der Waals surface area contributed by atoms with Gasteiger partial charge in [-0.2, -0.15) is 5.26 Å². The number of amides is 3. The first-order valence-corrected chi connectivity index (χ1v) is 9.37. The van der Waals surface area contributed by atoms with Gasteiger partial charge < -0.3 is 14.8 Å². The molecule has 7 heteroatoms. The fraction of sp³-hybridized carbons (Fsp3) is 0.550. The van der Waals surface area contributed by atoms with E-state index in [4.69, 9.17) is 9.47 Å². The highest BCUT2D eigenvalue weighted by Gasteiger charge is 2.54. The summed E-state index contributed by atoms with van der Waals surface area (Å²) < 4.78 is 12.0. The highest BCUT2D eigenvalue weighted by Crippen LogP contribution is 2.59. The minimum Gasteiger partial charge on any atom is -0.492 e. The Balaban J connectivity index is 1.33. The second-order valence-electron chi connectivity index (χ2n) is 8.62. The summed E-state index contributed by atoms with van der Waals surface area (Å²) >= 11 is 0. The van der Waals surface area contributed by atoms with E-state index in [0.29, 0.717) is 25.0 Å². The smallest absolute Gasteiger partial charge is 0.325 e. The molecule has 0 bridgehead atoms. The van der Waals surface area contributed by atoms with Gasteiger partial charge in [0.15, 0.2) is 0 Å². The number of benzene rings is 1. The van der Waals surface area contributed by atoms with Crippen LogP contribution in [0.5, 0.6) is 11.5 Å². The number of urea groups is 1. The van der Waals surface area contributed by atoms with E-state index >= 15 is 0 Å². The molecule has 1 N–H and O–H groups in total. The number of hydrogen-bond donors (Lipinski definition) is 1. The van der Waals surface area contributed by atoms with Crippen molar-refractivity contribution in [1.29, 1.82) is 5.26 Å². The Hall–Kier alpha value is -2.75. The quantitative estimate of drug-likeness (QED) is 0.827. The molecular weight excluding hydrogens is 346 g/mol. The minimum atomic E-state index is -0.847.